The molecule has 1 atom stereocenters. The first-order chi connectivity index (χ1) is 15.1. The first-order valence-electron chi connectivity index (χ1n) is 10.6. The van der Waals surface area contributed by atoms with Crippen LogP contribution in [0.2, 0.25) is 0 Å². The van der Waals surface area contributed by atoms with Crippen LogP contribution in [0.4, 0.5) is 0 Å². The molecule has 0 amide bonds. The molecule has 3 heterocycles. The Kier molecular flexibility index (Phi) is 4.43. The van der Waals surface area contributed by atoms with E-state index in [9.17, 15) is 9.90 Å². The highest BCUT2D eigenvalue weighted by Crippen LogP contribution is 2.48. The number of benzene rings is 2. The predicted octanol–water partition coefficient (Wildman–Crippen LogP) is 5.08. The van der Waals surface area contributed by atoms with Gasteiger partial charge in [0.2, 0.25) is 5.43 Å². The maximum Gasteiger partial charge on any atom is 0.204 e. The number of ether oxygens (including phenoxy) is 3. The van der Waals surface area contributed by atoms with Crippen LogP contribution in [-0.2, 0) is 11.2 Å². The number of rotatable bonds is 4. The van der Waals surface area contributed by atoms with Gasteiger partial charge in [-0.15, -0.1) is 0 Å². The number of methoxy groups -OCH3 is 1. The fourth-order valence-corrected chi connectivity index (χ4v) is 4.22. The number of epoxide rings is 1. The Hall–Kier alpha value is -3.25. The molecule has 32 heavy (non-hydrogen) atoms. The molecule has 0 aliphatic carbocycles. The van der Waals surface area contributed by atoms with Crippen LogP contribution in [0.1, 0.15) is 38.8 Å². The molecule has 1 fully saturated rings. The molecule has 0 bridgehead atoms. The van der Waals surface area contributed by atoms with Crippen LogP contribution in [0.25, 0.3) is 28.2 Å². The summed E-state index contributed by atoms with van der Waals surface area (Å²) in [5.41, 5.74) is 1.46. The molecule has 0 radical (unpaired) electrons. The molecule has 166 valence electrons. The highest BCUT2D eigenvalue weighted by atomic mass is 16.6. The SMILES string of the molecule is COc1ccc(-c2coc3c4c(c(CC5OC5(C)C)c(O)c3c2=O)OC(C)(C)C=C4)cc1. The van der Waals surface area contributed by atoms with Crippen LogP contribution in [0.15, 0.2) is 45.8 Å². The molecule has 6 heteroatoms. The van der Waals surface area contributed by atoms with Crippen molar-refractivity contribution in [3.8, 4) is 28.4 Å². The lowest BCUT2D eigenvalue weighted by atomic mass is 9.92. The van der Waals surface area contributed by atoms with Crippen molar-refractivity contribution in [2.75, 3.05) is 7.11 Å². The first-order valence-corrected chi connectivity index (χ1v) is 10.6. The molecular weight excluding hydrogens is 408 g/mol. The molecule has 1 N–H and O–H groups in total. The summed E-state index contributed by atoms with van der Waals surface area (Å²) in [6, 6.07) is 7.14. The van der Waals surface area contributed by atoms with Gasteiger partial charge in [0, 0.05) is 12.0 Å². The Balaban J connectivity index is 1.74. The topological polar surface area (TPSA) is 81.4 Å². The van der Waals surface area contributed by atoms with Gasteiger partial charge in [-0.25, -0.2) is 0 Å². The molecule has 1 unspecified atom stereocenters. The van der Waals surface area contributed by atoms with Crippen molar-refractivity contribution >= 4 is 17.0 Å². The molecule has 2 aromatic carbocycles. The average molecular weight is 434 g/mol. The van der Waals surface area contributed by atoms with Crippen molar-refractivity contribution in [2.24, 2.45) is 0 Å². The van der Waals surface area contributed by atoms with Crippen molar-refractivity contribution in [2.45, 2.75) is 51.4 Å². The number of phenolic OH excluding ortho intramolecular Hbond substituents is 1. The second kappa shape index (κ2) is 6.87. The Bertz CT molecular complexity index is 1310. The summed E-state index contributed by atoms with van der Waals surface area (Å²) in [5.74, 6) is 1.12. The van der Waals surface area contributed by atoms with Crippen molar-refractivity contribution < 1.29 is 23.7 Å². The van der Waals surface area contributed by atoms with Crippen LogP contribution < -0.4 is 14.9 Å². The van der Waals surface area contributed by atoms with Gasteiger partial charge in [0.1, 0.15) is 34.5 Å². The summed E-state index contributed by atoms with van der Waals surface area (Å²) >= 11 is 0. The van der Waals surface area contributed by atoms with Crippen molar-refractivity contribution in [1.29, 1.82) is 0 Å². The maximum absolute atomic E-state index is 13.6. The molecule has 1 aromatic heterocycles. The minimum Gasteiger partial charge on any atom is -0.507 e. The summed E-state index contributed by atoms with van der Waals surface area (Å²) < 4.78 is 23.2. The van der Waals surface area contributed by atoms with Gasteiger partial charge in [0.15, 0.2) is 5.58 Å². The molecule has 2 aliphatic rings. The van der Waals surface area contributed by atoms with Crippen LogP contribution in [0.5, 0.6) is 17.2 Å². The number of phenols is 1. The third-order valence-electron chi connectivity index (χ3n) is 6.25. The summed E-state index contributed by atoms with van der Waals surface area (Å²) in [6.45, 7) is 7.89. The maximum atomic E-state index is 13.6. The van der Waals surface area contributed by atoms with E-state index in [-0.39, 0.29) is 28.3 Å². The second-order valence-electron chi connectivity index (χ2n) is 9.43. The molecular formula is C26H26O6. The monoisotopic (exact) mass is 434 g/mol. The van der Waals surface area contributed by atoms with Crippen molar-refractivity contribution in [1.82, 2.24) is 0 Å². The second-order valence-corrected chi connectivity index (χ2v) is 9.43. The van der Waals surface area contributed by atoms with Crippen molar-refractivity contribution in [3.05, 3.63) is 58.0 Å². The van der Waals surface area contributed by atoms with Crippen LogP contribution in [-0.4, -0.2) is 29.5 Å². The van der Waals surface area contributed by atoms with E-state index < -0.39 is 5.60 Å². The van der Waals surface area contributed by atoms with Gasteiger partial charge in [0.05, 0.1) is 29.9 Å². The zero-order chi connectivity index (χ0) is 22.8. The number of aromatic hydroxyl groups is 1. The van der Waals surface area contributed by atoms with E-state index in [0.29, 0.717) is 45.8 Å². The summed E-state index contributed by atoms with van der Waals surface area (Å²) in [7, 11) is 1.59. The number of hydrogen-bond acceptors (Lipinski definition) is 6. The predicted molar refractivity (Wildman–Crippen MR) is 123 cm³/mol. The number of hydrogen-bond donors (Lipinski definition) is 1. The molecule has 0 spiro atoms. The van der Waals surface area contributed by atoms with Crippen LogP contribution in [0.3, 0.4) is 0 Å². The van der Waals surface area contributed by atoms with Gasteiger partial charge in [-0.3, -0.25) is 4.79 Å². The first kappa shape index (κ1) is 20.6. The Morgan fingerprint density at radius 3 is 2.44 bits per heavy atom. The van der Waals surface area contributed by atoms with Gasteiger partial charge in [-0.05, 0) is 57.5 Å². The van der Waals surface area contributed by atoms with Gasteiger partial charge >= 0.3 is 0 Å². The minimum absolute atomic E-state index is 0.0654. The van der Waals surface area contributed by atoms with E-state index in [2.05, 4.69) is 0 Å². The van der Waals surface area contributed by atoms with Crippen LogP contribution >= 0.6 is 0 Å². The zero-order valence-electron chi connectivity index (χ0n) is 18.8. The highest BCUT2D eigenvalue weighted by Gasteiger charge is 2.48. The summed E-state index contributed by atoms with van der Waals surface area (Å²) in [4.78, 5) is 13.6. The van der Waals surface area contributed by atoms with Crippen molar-refractivity contribution in [3.63, 3.8) is 0 Å². The standard InChI is InChI=1S/C26H26O6/c1-25(2)11-10-16-23(32-25)17(12-19-26(3,4)31-19)21(27)20-22(28)18(13-30-24(16)20)14-6-8-15(29-5)9-7-14/h6-11,13,19,27H,12H2,1-5H3. The van der Waals surface area contributed by atoms with E-state index in [1.165, 1.54) is 6.26 Å². The number of fused-ring (bicyclic) bond motifs is 3. The van der Waals surface area contributed by atoms with Crippen LogP contribution in [0, 0.1) is 0 Å². The molecule has 5 rings (SSSR count). The van der Waals surface area contributed by atoms with Gasteiger partial charge in [-0.1, -0.05) is 12.1 Å². The average Bonchev–Trinajstić information content (AvgIpc) is 3.36. The quantitative estimate of drug-likeness (QED) is 0.577. The largest absolute Gasteiger partial charge is 0.507 e. The van der Waals surface area contributed by atoms with E-state index >= 15 is 0 Å². The van der Waals surface area contributed by atoms with E-state index in [0.717, 1.165) is 0 Å². The van der Waals surface area contributed by atoms with Gasteiger partial charge in [0.25, 0.3) is 0 Å². The lowest BCUT2D eigenvalue weighted by Gasteiger charge is -2.30. The lowest BCUT2D eigenvalue weighted by molar-refractivity contribution is 0.156. The Morgan fingerprint density at radius 1 is 1.12 bits per heavy atom. The van der Waals surface area contributed by atoms with E-state index in [4.69, 9.17) is 18.6 Å². The highest BCUT2D eigenvalue weighted by molar-refractivity contribution is 5.97. The summed E-state index contributed by atoms with van der Waals surface area (Å²) in [5, 5.41) is 11.5. The minimum atomic E-state index is -0.550. The molecule has 6 nitrogen and oxygen atoms in total. The Labute approximate surface area is 186 Å². The Morgan fingerprint density at radius 2 is 1.81 bits per heavy atom. The fourth-order valence-electron chi connectivity index (χ4n) is 4.22. The molecule has 0 saturated carbocycles. The van der Waals surface area contributed by atoms with Gasteiger partial charge < -0.3 is 23.7 Å². The molecule has 2 aliphatic heterocycles. The smallest absolute Gasteiger partial charge is 0.204 e. The fraction of sp³-hybridized carbons (Fsp3) is 0.346. The van der Waals surface area contributed by atoms with E-state index in [1.807, 2.05) is 39.8 Å². The summed E-state index contributed by atoms with van der Waals surface area (Å²) in [6.07, 6.45) is 5.63. The third-order valence-corrected chi connectivity index (χ3v) is 6.25. The molecule has 1 saturated heterocycles. The molecule has 3 aromatic rings. The normalized spacial score (nSPS) is 20.0. The lowest BCUT2D eigenvalue weighted by Crippen LogP contribution is -2.28. The zero-order valence-corrected chi connectivity index (χ0v) is 18.8. The van der Waals surface area contributed by atoms with Gasteiger partial charge in [-0.2, -0.15) is 0 Å². The third kappa shape index (κ3) is 3.26. The van der Waals surface area contributed by atoms with E-state index in [1.54, 1.807) is 31.4 Å².